The largest absolute Gasteiger partial charge is 0.408 e. The van der Waals surface area contributed by atoms with Crippen LogP contribution in [0.2, 0.25) is 0 Å². The molecule has 0 unspecified atom stereocenters. The number of fused-ring (bicyclic) bond motifs is 1. The molecule has 1 N–H and O–H groups in total. The Balaban J connectivity index is 1.83. The summed E-state index contributed by atoms with van der Waals surface area (Å²) in [4.78, 5) is 8.15. The van der Waals surface area contributed by atoms with Gasteiger partial charge in [0.15, 0.2) is 5.82 Å². The lowest BCUT2D eigenvalue weighted by molar-refractivity contribution is -0.146. The number of alkyl halides is 3. The summed E-state index contributed by atoms with van der Waals surface area (Å²) in [7, 11) is 0. The Labute approximate surface area is 134 Å². The van der Waals surface area contributed by atoms with Gasteiger partial charge in [-0.3, -0.25) is 0 Å². The fourth-order valence-corrected chi connectivity index (χ4v) is 3.38. The lowest BCUT2D eigenvalue weighted by atomic mass is 10.2. The van der Waals surface area contributed by atoms with E-state index in [1.54, 1.807) is 6.07 Å². The maximum absolute atomic E-state index is 13.1. The van der Waals surface area contributed by atoms with E-state index in [0.29, 0.717) is 24.6 Å². The maximum Gasteiger partial charge on any atom is 0.408 e. The fourth-order valence-electron chi connectivity index (χ4n) is 3.38. The lowest BCUT2D eigenvalue weighted by Crippen LogP contribution is -2.42. The highest BCUT2D eigenvalue weighted by Gasteiger charge is 2.46. The van der Waals surface area contributed by atoms with Crippen molar-refractivity contribution in [3.8, 4) is 0 Å². The van der Waals surface area contributed by atoms with Gasteiger partial charge in [-0.05, 0) is 31.4 Å². The standard InChI is InChI=1S/C16H23F3N4/c1-2-3-9-22-11-8-20-15-12(22)6-7-14(21-15)23-10-4-5-13(23)16(17,18)19/h6-7,13H,2-5,8-11H2,1H3,(H,20,21)/t13-/m1/s1. The molecule has 1 atom stereocenters. The first-order valence-electron chi connectivity index (χ1n) is 8.34. The van der Waals surface area contributed by atoms with Gasteiger partial charge in [0.25, 0.3) is 0 Å². The van der Waals surface area contributed by atoms with Crippen LogP contribution in [-0.4, -0.2) is 43.4 Å². The van der Waals surface area contributed by atoms with Crippen LogP contribution in [-0.2, 0) is 0 Å². The van der Waals surface area contributed by atoms with Crippen molar-refractivity contribution in [2.45, 2.75) is 44.8 Å². The summed E-state index contributed by atoms with van der Waals surface area (Å²) in [5.41, 5.74) is 0.996. The quantitative estimate of drug-likeness (QED) is 0.914. The average molecular weight is 328 g/mol. The van der Waals surface area contributed by atoms with Crippen LogP contribution in [0.1, 0.15) is 32.6 Å². The normalized spacial score (nSPS) is 21.3. The predicted octanol–water partition coefficient (Wildman–Crippen LogP) is 3.64. The number of unbranched alkanes of at least 4 members (excludes halogenated alkanes) is 1. The van der Waals surface area contributed by atoms with Crippen molar-refractivity contribution in [2.75, 3.05) is 41.3 Å². The highest BCUT2D eigenvalue weighted by molar-refractivity contribution is 5.71. The number of nitrogens with zero attached hydrogens (tertiary/aromatic N) is 3. The van der Waals surface area contributed by atoms with Crippen molar-refractivity contribution < 1.29 is 13.2 Å². The topological polar surface area (TPSA) is 31.4 Å². The molecule has 0 aliphatic carbocycles. The number of nitrogens with one attached hydrogen (secondary N) is 1. The molecule has 0 radical (unpaired) electrons. The molecule has 3 rings (SSSR count). The van der Waals surface area contributed by atoms with E-state index in [1.165, 1.54) is 4.90 Å². The van der Waals surface area contributed by atoms with E-state index in [1.807, 2.05) is 6.07 Å². The minimum Gasteiger partial charge on any atom is -0.367 e. The monoisotopic (exact) mass is 328 g/mol. The first kappa shape index (κ1) is 16.2. The first-order valence-corrected chi connectivity index (χ1v) is 8.34. The van der Waals surface area contributed by atoms with Gasteiger partial charge in [0.05, 0.1) is 5.69 Å². The number of hydrogen-bond acceptors (Lipinski definition) is 4. The second-order valence-electron chi connectivity index (χ2n) is 6.20. The van der Waals surface area contributed by atoms with E-state index < -0.39 is 12.2 Å². The van der Waals surface area contributed by atoms with Crippen LogP contribution in [0.5, 0.6) is 0 Å². The summed E-state index contributed by atoms with van der Waals surface area (Å²) in [5.74, 6) is 1.13. The van der Waals surface area contributed by atoms with E-state index >= 15 is 0 Å². The summed E-state index contributed by atoms with van der Waals surface area (Å²) in [6.07, 6.45) is -1.28. The summed E-state index contributed by atoms with van der Waals surface area (Å²) in [5, 5.41) is 3.23. The van der Waals surface area contributed by atoms with Gasteiger partial charge in [0, 0.05) is 26.2 Å². The highest BCUT2D eigenvalue weighted by Crippen LogP contribution is 2.37. The molecule has 1 fully saturated rings. The highest BCUT2D eigenvalue weighted by atomic mass is 19.4. The average Bonchev–Trinajstić information content (AvgIpc) is 3.02. The van der Waals surface area contributed by atoms with Gasteiger partial charge in [-0.2, -0.15) is 13.2 Å². The van der Waals surface area contributed by atoms with Gasteiger partial charge in [0.2, 0.25) is 0 Å². The molecule has 23 heavy (non-hydrogen) atoms. The minimum atomic E-state index is -4.20. The number of hydrogen-bond donors (Lipinski definition) is 1. The molecule has 0 amide bonds. The van der Waals surface area contributed by atoms with Crippen LogP contribution >= 0.6 is 0 Å². The molecule has 2 aliphatic heterocycles. The second kappa shape index (κ2) is 6.45. The summed E-state index contributed by atoms with van der Waals surface area (Å²) >= 11 is 0. The van der Waals surface area contributed by atoms with Crippen LogP contribution in [0.3, 0.4) is 0 Å². The molecule has 1 aromatic heterocycles. The summed E-state index contributed by atoms with van der Waals surface area (Å²) in [6, 6.07) is 2.23. The Hall–Kier alpha value is -1.66. The van der Waals surface area contributed by atoms with Gasteiger partial charge in [-0.1, -0.05) is 13.3 Å². The fraction of sp³-hybridized carbons (Fsp3) is 0.688. The van der Waals surface area contributed by atoms with Gasteiger partial charge >= 0.3 is 6.18 Å². The van der Waals surface area contributed by atoms with Crippen molar-refractivity contribution in [3.05, 3.63) is 12.1 Å². The van der Waals surface area contributed by atoms with Crippen LogP contribution < -0.4 is 15.1 Å². The number of pyridine rings is 1. The number of rotatable bonds is 4. The van der Waals surface area contributed by atoms with Crippen molar-refractivity contribution >= 4 is 17.3 Å². The van der Waals surface area contributed by atoms with Crippen molar-refractivity contribution in [1.29, 1.82) is 0 Å². The second-order valence-corrected chi connectivity index (χ2v) is 6.20. The molecule has 2 aliphatic rings. The smallest absolute Gasteiger partial charge is 0.367 e. The van der Waals surface area contributed by atoms with E-state index in [4.69, 9.17) is 0 Å². The molecule has 0 bridgehead atoms. The zero-order valence-corrected chi connectivity index (χ0v) is 13.4. The van der Waals surface area contributed by atoms with Crippen LogP contribution in [0.25, 0.3) is 0 Å². The zero-order valence-electron chi connectivity index (χ0n) is 13.4. The number of aromatic nitrogens is 1. The number of anilines is 3. The molecule has 3 heterocycles. The van der Waals surface area contributed by atoms with Crippen LogP contribution in [0.15, 0.2) is 12.1 Å². The third kappa shape index (κ3) is 3.33. The van der Waals surface area contributed by atoms with Crippen LogP contribution in [0.4, 0.5) is 30.5 Å². The van der Waals surface area contributed by atoms with E-state index in [2.05, 4.69) is 22.1 Å². The van der Waals surface area contributed by atoms with E-state index in [0.717, 1.165) is 38.2 Å². The summed E-state index contributed by atoms with van der Waals surface area (Å²) < 4.78 is 39.4. The molecular weight excluding hydrogens is 305 g/mol. The Morgan fingerprint density at radius 3 is 2.87 bits per heavy atom. The van der Waals surface area contributed by atoms with Crippen LogP contribution in [0, 0.1) is 0 Å². The Bertz CT molecular complexity index is 547. The van der Waals surface area contributed by atoms with Gasteiger partial charge in [0.1, 0.15) is 11.9 Å². The first-order chi connectivity index (χ1) is 11.0. The Morgan fingerprint density at radius 1 is 1.30 bits per heavy atom. The molecule has 128 valence electrons. The van der Waals surface area contributed by atoms with E-state index in [9.17, 15) is 13.2 Å². The molecular formula is C16H23F3N4. The predicted molar refractivity (Wildman–Crippen MR) is 86.3 cm³/mol. The van der Waals surface area contributed by atoms with Crippen molar-refractivity contribution in [2.24, 2.45) is 0 Å². The SMILES string of the molecule is CCCCN1CCNc2nc(N3CCC[C@@H]3C(F)(F)F)ccc21. The number of halogens is 3. The van der Waals surface area contributed by atoms with Gasteiger partial charge in [-0.15, -0.1) is 0 Å². The zero-order chi connectivity index (χ0) is 16.4. The van der Waals surface area contributed by atoms with Crippen molar-refractivity contribution in [1.82, 2.24) is 4.98 Å². The van der Waals surface area contributed by atoms with Crippen molar-refractivity contribution in [3.63, 3.8) is 0 Å². The molecule has 4 nitrogen and oxygen atoms in total. The third-order valence-electron chi connectivity index (χ3n) is 4.58. The Kier molecular flexibility index (Phi) is 4.55. The molecule has 0 aromatic carbocycles. The van der Waals surface area contributed by atoms with Gasteiger partial charge in [-0.25, -0.2) is 4.98 Å². The molecule has 7 heteroatoms. The Morgan fingerprint density at radius 2 is 2.13 bits per heavy atom. The van der Waals surface area contributed by atoms with Gasteiger partial charge < -0.3 is 15.1 Å². The molecule has 1 saturated heterocycles. The molecule has 1 aromatic rings. The minimum absolute atomic E-state index is 0.151. The maximum atomic E-state index is 13.1. The molecule has 0 saturated carbocycles. The lowest BCUT2D eigenvalue weighted by Gasteiger charge is -2.33. The summed E-state index contributed by atoms with van der Waals surface area (Å²) in [6.45, 7) is 5.20. The third-order valence-corrected chi connectivity index (χ3v) is 4.58. The van der Waals surface area contributed by atoms with E-state index in [-0.39, 0.29) is 6.42 Å². The molecule has 0 spiro atoms.